The third kappa shape index (κ3) is 2.20. The van der Waals surface area contributed by atoms with Crippen molar-refractivity contribution < 1.29 is 4.52 Å². The molecule has 0 spiro atoms. The highest BCUT2D eigenvalue weighted by atomic mass is 16.5. The van der Waals surface area contributed by atoms with Crippen molar-refractivity contribution in [1.29, 1.82) is 0 Å². The van der Waals surface area contributed by atoms with Crippen molar-refractivity contribution in [2.45, 2.75) is 0 Å². The number of nitrogens with zero attached hydrogens (tertiary/aromatic N) is 2. The molecule has 0 aliphatic rings. The number of anilines is 1. The van der Waals surface area contributed by atoms with Gasteiger partial charge in [-0.1, -0.05) is 23.4 Å². The lowest BCUT2D eigenvalue weighted by molar-refractivity contribution is 0.419. The normalized spacial score (nSPS) is 10.6. The molecule has 0 atom stereocenters. The second-order valence-corrected chi connectivity index (χ2v) is 2.66. The third-order valence-corrected chi connectivity index (χ3v) is 1.62. The van der Waals surface area contributed by atoms with Crippen LogP contribution in [0.2, 0.25) is 0 Å². The smallest absolute Gasteiger partial charge is 0.126 e. The van der Waals surface area contributed by atoms with Crippen LogP contribution in [0, 0.1) is 0 Å². The molecule has 1 aromatic carbocycles. The average molecular weight is 187 g/mol. The number of rotatable bonds is 3. The first-order valence-corrected chi connectivity index (χ1v) is 4.20. The summed E-state index contributed by atoms with van der Waals surface area (Å²) in [6.45, 7) is 0. The monoisotopic (exact) mass is 187 g/mol. The van der Waals surface area contributed by atoms with Crippen LogP contribution in [0.25, 0.3) is 0 Å². The predicted molar refractivity (Wildman–Crippen MR) is 54.2 cm³/mol. The highest BCUT2D eigenvalue weighted by Crippen LogP contribution is 2.04. The van der Waals surface area contributed by atoms with Crippen LogP contribution < -0.4 is 5.43 Å². The number of aromatic nitrogens is 1. The van der Waals surface area contributed by atoms with Gasteiger partial charge < -0.3 is 4.52 Å². The third-order valence-electron chi connectivity index (χ3n) is 1.62. The Morgan fingerprint density at radius 3 is 2.79 bits per heavy atom. The molecule has 4 heteroatoms. The molecular weight excluding hydrogens is 178 g/mol. The van der Waals surface area contributed by atoms with E-state index in [9.17, 15) is 0 Å². The van der Waals surface area contributed by atoms with E-state index < -0.39 is 0 Å². The number of hydrazone groups is 1. The molecule has 0 saturated heterocycles. The number of para-hydroxylation sites is 1. The van der Waals surface area contributed by atoms with Crippen molar-refractivity contribution in [3.63, 3.8) is 0 Å². The van der Waals surface area contributed by atoms with Gasteiger partial charge in [-0.3, -0.25) is 5.43 Å². The second kappa shape index (κ2) is 4.23. The molecular formula is C10H9N3O. The van der Waals surface area contributed by atoms with E-state index in [0.29, 0.717) is 5.69 Å². The molecule has 4 nitrogen and oxygen atoms in total. The maximum Gasteiger partial charge on any atom is 0.126 e. The van der Waals surface area contributed by atoms with Gasteiger partial charge in [0.15, 0.2) is 0 Å². The summed E-state index contributed by atoms with van der Waals surface area (Å²) >= 11 is 0. The van der Waals surface area contributed by atoms with Crippen LogP contribution in [0.3, 0.4) is 0 Å². The Balaban J connectivity index is 1.95. The summed E-state index contributed by atoms with van der Waals surface area (Å²) < 4.78 is 4.65. The average Bonchev–Trinajstić information content (AvgIpc) is 2.72. The Morgan fingerprint density at radius 2 is 2.07 bits per heavy atom. The van der Waals surface area contributed by atoms with Crippen LogP contribution in [-0.4, -0.2) is 11.4 Å². The van der Waals surface area contributed by atoms with E-state index in [1.54, 1.807) is 12.3 Å². The van der Waals surface area contributed by atoms with Crippen LogP contribution in [-0.2, 0) is 0 Å². The van der Waals surface area contributed by atoms with Gasteiger partial charge in [0.1, 0.15) is 12.0 Å². The highest BCUT2D eigenvalue weighted by molar-refractivity contribution is 5.77. The molecule has 1 N–H and O–H groups in total. The van der Waals surface area contributed by atoms with Crippen molar-refractivity contribution in [2.24, 2.45) is 5.10 Å². The molecule has 0 bridgehead atoms. The first-order chi connectivity index (χ1) is 6.95. The lowest BCUT2D eigenvalue weighted by atomic mass is 10.3. The SMILES string of the molecule is C(=N\Nc1ccccc1)/c1ccon1. The largest absolute Gasteiger partial charge is 0.364 e. The predicted octanol–water partition coefficient (Wildman–Crippen LogP) is 2.12. The summed E-state index contributed by atoms with van der Waals surface area (Å²) in [6.07, 6.45) is 3.10. The van der Waals surface area contributed by atoms with Gasteiger partial charge in [-0.05, 0) is 12.1 Å². The van der Waals surface area contributed by atoms with Crippen LogP contribution in [0.1, 0.15) is 5.69 Å². The van der Waals surface area contributed by atoms with Crippen molar-refractivity contribution in [1.82, 2.24) is 5.16 Å². The number of hydrogen-bond donors (Lipinski definition) is 1. The molecule has 70 valence electrons. The zero-order valence-electron chi connectivity index (χ0n) is 7.42. The fourth-order valence-corrected chi connectivity index (χ4v) is 0.974. The van der Waals surface area contributed by atoms with Gasteiger partial charge in [-0.2, -0.15) is 5.10 Å². The van der Waals surface area contributed by atoms with Crippen molar-refractivity contribution >= 4 is 11.9 Å². The molecule has 0 unspecified atom stereocenters. The quantitative estimate of drug-likeness (QED) is 0.591. The first kappa shape index (κ1) is 8.50. The first-order valence-electron chi connectivity index (χ1n) is 4.20. The molecule has 0 fully saturated rings. The minimum absolute atomic E-state index is 0.688. The fourth-order valence-electron chi connectivity index (χ4n) is 0.974. The number of hydrogen-bond acceptors (Lipinski definition) is 4. The molecule has 0 aliphatic heterocycles. The molecule has 0 aliphatic carbocycles. The Bertz CT molecular complexity index is 395. The zero-order valence-corrected chi connectivity index (χ0v) is 7.42. The van der Waals surface area contributed by atoms with Crippen molar-refractivity contribution in [3.05, 3.63) is 48.4 Å². The summed E-state index contributed by atoms with van der Waals surface area (Å²) in [4.78, 5) is 0. The number of nitrogens with one attached hydrogen (secondary N) is 1. The van der Waals surface area contributed by atoms with Gasteiger partial charge in [0.05, 0.1) is 11.9 Å². The molecule has 0 saturated carbocycles. The molecule has 2 aromatic rings. The van der Waals surface area contributed by atoms with Crippen LogP contribution in [0.15, 0.2) is 52.3 Å². The van der Waals surface area contributed by atoms with Crippen LogP contribution >= 0.6 is 0 Å². The van der Waals surface area contributed by atoms with E-state index >= 15 is 0 Å². The fraction of sp³-hybridized carbons (Fsp3) is 0. The Kier molecular flexibility index (Phi) is 2.56. The van der Waals surface area contributed by atoms with Gasteiger partial charge in [0.2, 0.25) is 0 Å². The Morgan fingerprint density at radius 1 is 1.21 bits per heavy atom. The summed E-state index contributed by atoms with van der Waals surface area (Å²) in [5, 5.41) is 7.67. The number of benzene rings is 1. The molecule has 0 amide bonds. The molecule has 14 heavy (non-hydrogen) atoms. The minimum atomic E-state index is 0.688. The second-order valence-electron chi connectivity index (χ2n) is 2.66. The van der Waals surface area contributed by atoms with E-state index in [-0.39, 0.29) is 0 Å². The maximum atomic E-state index is 4.65. The topological polar surface area (TPSA) is 50.4 Å². The summed E-state index contributed by atoms with van der Waals surface area (Å²) in [5.41, 5.74) is 4.50. The lowest BCUT2D eigenvalue weighted by Gasteiger charge is -1.96. The van der Waals surface area contributed by atoms with Gasteiger partial charge >= 0.3 is 0 Å². The summed E-state index contributed by atoms with van der Waals surface area (Å²) in [5.74, 6) is 0. The Labute approximate surface area is 81.2 Å². The van der Waals surface area contributed by atoms with E-state index in [2.05, 4.69) is 20.2 Å². The molecule has 0 radical (unpaired) electrons. The molecule has 1 aromatic heterocycles. The zero-order chi connectivity index (χ0) is 9.64. The molecule has 1 heterocycles. The van der Waals surface area contributed by atoms with Gasteiger partial charge in [0.25, 0.3) is 0 Å². The van der Waals surface area contributed by atoms with E-state index in [1.807, 2.05) is 30.3 Å². The van der Waals surface area contributed by atoms with E-state index in [1.165, 1.54) is 6.26 Å². The minimum Gasteiger partial charge on any atom is -0.364 e. The van der Waals surface area contributed by atoms with Crippen LogP contribution in [0.4, 0.5) is 5.69 Å². The molecule has 2 rings (SSSR count). The summed E-state index contributed by atoms with van der Waals surface area (Å²) in [7, 11) is 0. The standard InChI is InChI=1S/C10H9N3O/c1-2-4-9(5-3-1)12-11-8-10-6-7-14-13-10/h1-8,12H/b11-8+. The van der Waals surface area contributed by atoms with Gasteiger partial charge in [-0.25, -0.2) is 0 Å². The van der Waals surface area contributed by atoms with Gasteiger partial charge in [0, 0.05) is 6.07 Å². The maximum absolute atomic E-state index is 4.65. The van der Waals surface area contributed by atoms with Crippen LogP contribution in [0.5, 0.6) is 0 Å². The van der Waals surface area contributed by atoms with Gasteiger partial charge in [-0.15, -0.1) is 0 Å². The van der Waals surface area contributed by atoms with E-state index in [4.69, 9.17) is 0 Å². The van der Waals surface area contributed by atoms with Crippen molar-refractivity contribution in [2.75, 3.05) is 5.43 Å². The lowest BCUT2D eigenvalue weighted by Crippen LogP contribution is -1.89. The van der Waals surface area contributed by atoms with Crippen molar-refractivity contribution in [3.8, 4) is 0 Å². The highest BCUT2D eigenvalue weighted by Gasteiger charge is 1.89. The Hall–Kier alpha value is -2.10. The van der Waals surface area contributed by atoms with E-state index in [0.717, 1.165) is 5.69 Å². The summed E-state index contributed by atoms with van der Waals surface area (Å²) in [6, 6.07) is 11.4.